The molecule has 0 aliphatic rings. The van der Waals surface area contributed by atoms with Crippen molar-refractivity contribution in [3.8, 4) is 0 Å². The molecular formula is C12H18BrNO2S. The predicted octanol–water partition coefficient (Wildman–Crippen LogP) is 3.76. The number of rotatable bonds is 6. The van der Waals surface area contributed by atoms with E-state index in [1.807, 2.05) is 13.0 Å². The molecule has 3 nitrogen and oxygen atoms in total. The smallest absolute Gasteiger partial charge is 0.304 e. The summed E-state index contributed by atoms with van der Waals surface area (Å²) in [7, 11) is 0. The van der Waals surface area contributed by atoms with Gasteiger partial charge in [-0.3, -0.25) is 9.69 Å². The van der Waals surface area contributed by atoms with Gasteiger partial charge < -0.3 is 5.11 Å². The summed E-state index contributed by atoms with van der Waals surface area (Å²) in [5.41, 5.74) is 0. The monoisotopic (exact) mass is 319 g/mol. The van der Waals surface area contributed by atoms with Crippen LogP contribution in [0.3, 0.4) is 0 Å². The Balaban J connectivity index is 2.76. The normalized spacial score (nSPS) is 14.9. The average molecular weight is 320 g/mol. The van der Waals surface area contributed by atoms with Gasteiger partial charge in [-0.25, -0.2) is 0 Å². The Morgan fingerprint density at radius 3 is 2.59 bits per heavy atom. The van der Waals surface area contributed by atoms with Gasteiger partial charge in [-0.1, -0.05) is 6.92 Å². The fourth-order valence-electron chi connectivity index (χ4n) is 2.05. The van der Waals surface area contributed by atoms with Crippen molar-refractivity contribution in [1.29, 1.82) is 0 Å². The standard InChI is InChI=1S/C12H18BrNO2S/c1-4-14(8(2)7-12(15)16)9(3)10-5-6-11(13)17-10/h5-6,8-9H,4,7H2,1-3H3,(H,15,16). The Bertz CT molecular complexity index is 380. The molecule has 0 fully saturated rings. The fourth-order valence-corrected chi connectivity index (χ4v) is 3.55. The van der Waals surface area contributed by atoms with E-state index in [0.29, 0.717) is 0 Å². The molecule has 0 saturated heterocycles. The quantitative estimate of drug-likeness (QED) is 0.868. The molecule has 96 valence electrons. The first-order valence-corrected chi connectivity index (χ1v) is 7.29. The van der Waals surface area contributed by atoms with Crippen LogP contribution in [0.1, 0.15) is 38.1 Å². The molecule has 17 heavy (non-hydrogen) atoms. The summed E-state index contributed by atoms with van der Waals surface area (Å²) in [4.78, 5) is 14.2. The lowest BCUT2D eigenvalue weighted by molar-refractivity contribution is -0.138. The van der Waals surface area contributed by atoms with E-state index in [1.54, 1.807) is 11.3 Å². The molecule has 1 rings (SSSR count). The SMILES string of the molecule is CCN(C(C)CC(=O)O)C(C)c1ccc(Br)s1. The third-order valence-electron chi connectivity index (χ3n) is 2.90. The maximum Gasteiger partial charge on any atom is 0.304 e. The van der Waals surface area contributed by atoms with Crippen molar-refractivity contribution in [1.82, 2.24) is 4.90 Å². The third-order valence-corrected chi connectivity index (χ3v) is 4.70. The molecule has 1 heterocycles. The van der Waals surface area contributed by atoms with Gasteiger partial charge in [0, 0.05) is 17.0 Å². The van der Waals surface area contributed by atoms with Crippen LogP contribution in [0.15, 0.2) is 15.9 Å². The van der Waals surface area contributed by atoms with E-state index in [2.05, 4.69) is 40.7 Å². The molecule has 1 N–H and O–H groups in total. The lowest BCUT2D eigenvalue weighted by atomic mass is 10.1. The van der Waals surface area contributed by atoms with Gasteiger partial charge in [0.25, 0.3) is 0 Å². The molecule has 1 aromatic rings. The molecule has 5 heteroatoms. The van der Waals surface area contributed by atoms with Gasteiger partial charge in [0.05, 0.1) is 10.2 Å². The van der Waals surface area contributed by atoms with E-state index in [-0.39, 0.29) is 18.5 Å². The second kappa shape index (κ2) is 6.52. The van der Waals surface area contributed by atoms with Crippen LogP contribution < -0.4 is 0 Å². The number of carboxylic acid groups (broad SMARTS) is 1. The lowest BCUT2D eigenvalue weighted by Gasteiger charge is -2.32. The van der Waals surface area contributed by atoms with Crippen molar-refractivity contribution < 1.29 is 9.90 Å². The van der Waals surface area contributed by atoms with Crippen LogP contribution >= 0.6 is 27.3 Å². The van der Waals surface area contributed by atoms with Crippen LogP contribution in [0.4, 0.5) is 0 Å². The summed E-state index contributed by atoms with van der Waals surface area (Å²) in [6.07, 6.45) is 0.185. The minimum atomic E-state index is -0.740. The van der Waals surface area contributed by atoms with Gasteiger partial charge >= 0.3 is 5.97 Å². The highest BCUT2D eigenvalue weighted by atomic mass is 79.9. The maximum atomic E-state index is 10.8. The maximum absolute atomic E-state index is 10.8. The van der Waals surface area contributed by atoms with E-state index in [0.717, 1.165) is 10.3 Å². The van der Waals surface area contributed by atoms with Gasteiger partial charge in [-0.2, -0.15) is 0 Å². The van der Waals surface area contributed by atoms with Crippen molar-refractivity contribution in [2.75, 3.05) is 6.54 Å². The number of thiophene rings is 1. The zero-order chi connectivity index (χ0) is 13.0. The Morgan fingerprint density at radius 2 is 2.18 bits per heavy atom. The van der Waals surface area contributed by atoms with E-state index in [1.165, 1.54) is 4.88 Å². The van der Waals surface area contributed by atoms with Crippen LogP contribution in [0.2, 0.25) is 0 Å². The molecule has 0 bridgehead atoms. The number of hydrogen-bond donors (Lipinski definition) is 1. The summed E-state index contributed by atoms with van der Waals surface area (Å²) in [6, 6.07) is 4.43. The van der Waals surface area contributed by atoms with E-state index in [9.17, 15) is 4.79 Å². The highest BCUT2D eigenvalue weighted by Crippen LogP contribution is 2.31. The van der Waals surface area contributed by atoms with Crippen LogP contribution in [0.5, 0.6) is 0 Å². The second-order valence-corrected chi connectivity index (χ2v) is 6.59. The first-order valence-electron chi connectivity index (χ1n) is 5.68. The minimum Gasteiger partial charge on any atom is -0.481 e. The van der Waals surface area contributed by atoms with Crippen LogP contribution in [-0.4, -0.2) is 28.6 Å². The molecule has 0 radical (unpaired) electrons. The van der Waals surface area contributed by atoms with Gasteiger partial charge in [-0.05, 0) is 48.5 Å². The molecule has 0 aliphatic heterocycles. The van der Waals surface area contributed by atoms with Crippen molar-refractivity contribution in [2.45, 2.75) is 39.3 Å². The number of carboxylic acids is 1. The van der Waals surface area contributed by atoms with Crippen molar-refractivity contribution in [2.24, 2.45) is 0 Å². The molecule has 0 aliphatic carbocycles. The van der Waals surface area contributed by atoms with Gasteiger partial charge in [0.1, 0.15) is 0 Å². The zero-order valence-electron chi connectivity index (χ0n) is 10.3. The molecule has 0 saturated carbocycles. The fraction of sp³-hybridized carbons (Fsp3) is 0.583. The largest absolute Gasteiger partial charge is 0.481 e. The van der Waals surface area contributed by atoms with Crippen LogP contribution in [-0.2, 0) is 4.79 Å². The number of halogens is 1. The zero-order valence-corrected chi connectivity index (χ0v) is 12.7. The molecular weight excluding hydrogens is 302 g/mol. The van der Waals surface area contributed by atoms with Crippen molar-refractivity contribution in [3.05, 3.63) is 20.8 Å². The molecule has 0 aromatic carbocycles. The average Bonchev–Trinajstić information content (AvgIpc) is 2.64. The van der Waals surface area contributed by atoms with Gasteiger partial charge in [-0.15, -0.1) is 11.3 Å². The summed E-state index contributed by atoms with van der Waals surface area (Å²) in [6.45, 7) is 7.01. The van der Waals surface area contributed by atoms with Gasteiger partial charge in [0.2, 0.25) is 0 Å². The lowest BCUT2D eigenvalue weighted by Crippen LogP contribution is -2.36. The van der Waals surface area contributed by atoms with Crippen LogP contribution in [0.25, 0.3) is 0 Å². The summed E-state index contributed by atoms with van der Waals surface area (Å²) >= 11 is 5.16. The topological polar surface area (TPSA) is 40.5 Å². The summed E-state index contributed by atoms with van der Waals surface area (Å²) in [5, 5.41) is 8.85. The second-order valence-electron chi connectivity index (χ2n) is 4.10. The first kappa shape index (κ1) is 14.7. The molecule has 2 unspecified atom stereocenters. The molecule has 2 atom stereocenters. The van der Waals surface area contributed by atoms with E-state index in [4.69, 9.17) is 5.11 Å². The van der Waals surface area contributed by atoms with Crippen molar-refractivity contribution in [3.63, 3.8) is 0 Å². The summed E-state index contributed by atoms with van der Waals surface area (Å²) in [5.74, 6) is -0.740. The predicted molar refractivity (Wildman–Crippen MR) is 74.5 cm³/mol. The minimum absolute atomic E-state index is 0.0494. The highest BCUT2D eigenvalue weighted by molar-refractivity contribution is 9.11. The molecule has 0 spiro atoms. The Morgan fingerprint density at radius 1 is 1.53 bits per heavy atom. The number of nitrogens with zero attached hydrogens (tertiary/aromatic N) is 1. The Labute approximate surface area is 115 Å². The number of aliphatic carboxylic acids is 1. The number of hydrogen-bond acceptors (Lipinski definition) is 3. The first-order chi connectivity index (χ1) is 7.95. The molecule has 0 amide bonds. The van der Waals surface area contributed by atoms with Gasteiger partial charge in [0.15, 0.2) is 0 Å². The Kier molecular flexibility index (Phi) is 5.62. The van der Waals surface area contributed by atoms with E-state index < -0.39 is 5.97 Å². The van der Waals surface area contributed by atoms with E-state index >= 15 is 0 Å². The Hall–Kier alpha value is -0.390. The third kappa shape index (κ3) is 4.08. The number of carbonyl (C=O) groups is 1. The molecule has 1 aromatic heterocycles. The highest BCUT2D eigenvalue weighted by Gasteiger charge is 2.22. The van der Waals surface area contributed by atoms with Crippen LogP contribution in [0, 0.1) is 0 Å². The summed E-state index contributed by atoms with van der Waals surface area (Å²) < 4.78 is 1.11. The van der Waals surface area contributed by atoms with Crippen molar-refractivity contribution >= 4 is 33.2 Å².